The Balaban J connectivity index is 1.77. The van der Waals surface area contributed by atoms with Gasteiger partial charge in [-0.25, -0.2) is 8.42 Å². The van der Waals surface area contributed by atoms with Crippen molar-refractivity contribution in [2.75, 3.05) is 22.1 Å². The fraction of sp³-hybridized carbons (Fsp3) is 0.364. The number of thioether (sulfide) groups is 1. The molecule has 0 bridgehead atoms. The fourth-order valence-electron chi connectivity index (χ4n) is 3.52. The molecule has 0 spiro atoms. The van der Waals surface area contributed by atoms with E-state index in [9.17, 15) is 18.0 Å². The van der Waals surface area contributed by atoms with Gasteiger partial charge in [-0.1, -0.05) is 24.6 Å². The van der Waals surface area contributed by atoms with Gasteiger partial charge in [0, 0.05) is 28.7 Å². The van der Waals surface area contributed by atoms with Gasteiger partial charge in [-0.3, -0.25) is 9.59 Å². The lowest BCUT2D eigenvalue weighted by molar-refractivity contribution is -0.119. The number of aryl methyl sites for hydroxylation is 3. The van der Waals surface area contributed by atoms with E-state index in [-0.39, 0.29) is 22.5 Å². The summed E-state index contributed by atoms with van der Waals surface area (Å²) in [5.74, 6) is -0.875. The van der Waals surface area contributed by atoms with Gasteiger partial charge in [0.05, 0.1) is 16.3 Å². The molecule has 160 valence electrons. The number of fused-ring (bicyclic) bond motifs is 1. The van der Waals surface area contributed by atoms with E-state index in [2.05, 4.69) is 10.6 Å². The quantitative estimate of drug-likeness (QED) is 0.722. The number of amides is 2. The third kappa shape index (κ3) is 5.05. The van der Waals surface area contributed by atoms with E-state index in [0.29, 0.717) is 17.9 Å². The number of rotatable bonds is 5. The maximum atomic E-state index is 12.9. The molecular formula is C22H26N2O4S2. The second kappa shape index (κ2) is 8.81. The van der Waals surface area contributed by atoms with Crippen LogP contribution in [0.2, 0.25) is 0 Å². The number of hydrogen-bond acceptors (Lipinski definition) is 5. The predicted octanol–water partition coefficient (Wildman–Crippen LogP) is 4.09. The molecule has 1 aliphatic heterocycles. The Bertz CT molecular complexity index is 1090. The SMILES string of the molecule is Cc1cc(C)c(NC(=O)[C@H](C)CS(=O)(=O)c2ccc3c(c2)NC(=O)CCS3)c(C)c1. The van der Waals surface area contributed by atoms with Gasteiger partial charge in [-0.2, -0.15) is 0 Å². The first-order valence-corrected chi connectivity index (χ1v) is 12.4. The zero-order valence-corrected chi connectivity index (χ0v) is 19.2. The minimum atomic E-state index is -3.71. The number of anilines is 2. The molecule has 8 heteroatoms. The van der Waals surface area contributed by atoms with Gasteiger partial charge in [0.25, 0.3) is 0 Å². The molecule has 3 rings (SSSR count). The zero-order valence-electron chi connectivity index (χ0n) is 17.5. The molecule has 0 saturated carbocycles. The highest BCUT2D eigenvalue weighted by molar-refractivity contribution is 7.99. The predicted molar refractivity (Wildman–Crippen MR) is 121 cm³/mol. The Morgan fingerprint density at radius 3 is 2.50 bits per heavy atom. The third-order valence-corrected chi connectivity index (χ3v) is 8.00. The van der Waals surface area contributed by atoms with Gasteiger partial charge in [0.15, 0.2) is 9.84 Å². The largest absolute Gasteiger partial charge is 0.325 e. The van der Waals surface area contributed by atoms with Crippen molar-refractivity contribution in [1.82, 2.24) is 0 Å². The number of nitrogens with one attached hydrogen (secondary N) is 2. The van der Waals surface area contributed by atoms with E-state index in [1.807, 2.05) is 32.9 Å². The van der Waals surface area contributed by atoms with Crippen LogP contribution in [0.25, 0.3) is 0 Å². The van der Waals surface area contributed by atoms with Crippen LogP contribution < -0.4 is 10.6 Å². The molecule has 0 fully saturated rings. The van der Waals surface area contributed by atoms with Crippen LogP contribution in [0, 0.1) is 26.7 Å². The van der Waals surface area contributed by atoms with Gasteiger partial charge in [-0.05, 0) is 50.1 Å². The highest BCUT2D eigenvalue weighted by Crippen LogP contribution is 2.33. The highest BCUT2D eigenvalue weighted by Gasteiger charge is 2.25. The van der Waals surface area contributed by atoms with E-state index < -0.39 is 15.8 Å². The third-order valence-electron chi connectivity index (χ3n) is 5.01. The summed E-state index contributed by atoms with van der Waals surface area (Å²) in [6, 6.07) is 8.69. The summed E-state index contributed by atoms with van der Waals surface area (Å²) in [5, 5.41) is 5.64. The Morgan fingerprint density at radius 1 is 1.17 bits per heavy atom. The van der Waals surface area contributed by atoms with Gasteiger partial charge >= 0.3 is 0 Å². The molecule has 0 radical (unpaired) electrons. The lowest BCUT2D eigenvalue weighted by atomic mass is 10.0. The summed E-state index contributed by atoms with van der Waals surface area (Å²) in [7, 11) is -3.71. The molecule has 6 nitrogen and oxygen atoms in total. The van der Waals surface area contributed by atoms with Crippen molar-refractivity contribution in [2.45, 2.75) is 43.9 Å². The summed E-state index contributed by atoms with van der Waals surface area (Å²) < 4.78 is 25.9. The molecule has 30 heavy (non-hydrogen) atoms. The van der Waals surface area contributed by atoms with Crippen molar-refractivity contribution in [3.63, 3.8) is 0 Å². The topological polar surface area (TPSA) is 92.3 Å². The van der Waals surface area contributed by atoms with Crippen molar-refractivity contribution in [3.8, 4) is 0 Å². The van der Waals surface area contributed by atoms with Gasteiger partial charge in [0.1, 0.15) is 0 Å². The molecular weight excluding hydrogens is 420 g/mol. The first-order valence-electron chi connectivity index (χ1n) is 9.75. The summed E-state index contributed by atoms with van der Waals surface area (Å²) in [4.78, 5) is 25.4. The maximum Gasteiger partial charge on any atom is 0.228 e. The van der Waals surface area contributed by atoms with Crippen LogP contribution in [0.1, 0.15) is 30.0 Å². The normalized spacial score (nSPS) is 15.0. The second-order valence-electron chi connectivity index (χ2n) is 7.75. The van der Waals surface area contributed by atoms with Crippen LogP contribution in [0.4, 0.5) is 11.4 Å². The number of carbonyl (C=O) groups is 2. The van der Waals surface area contributed by atoms with Crippen LogP contribution in [0.3, 0.4) is 0 Å². The van der Waals surface area contributed by atoms with Crippen molar-refractivity contribution < 1.29 is 18.0 Å². The number of benzene rings is 2. The standard InChI is InChI=1S/C22H26N2O4S2/c1-13-9-14(2)21(15(3)10-13)24-22(26)16(4)12-30(27,28)17-5-6-19-18(11-17)23-20(25)7-8-29-19/h5-6,9-11,16H,7-8,12H2,1-4H3,(H,23,25)(H,24,26)/t16-/m1/s1. The lowest BCUT2D eigenvalue weighted by Crippen LogP contribution is -2.27. The zero-order chi connectivity index (χ0) is 22.1. The summed E-state index contributed by atoms with van der Waals surface area (Å²) in [6.45, 7) is 7.42. The van der Waals surface area contributed by atoms with E-state index >= 15 is 0 Å². The Hall–Kier alpha value is -2.32. The first-order chi connectivity index (χ1) is 14.1. The molecule has 1 aliphatic rings. The number of sulfone groups is 1. The van der Waals surface area contributed by atoms with Crippen molar-refractivity contribution in [2.24, 2.45) is 5.92 Å². The summed E-state index contributed by atoms with van der Waals surface area (Å²) >= 11 is 1.51. The lowest BCUT2D eigenvalue weighted by Gasteiger charge is -2.17. The van der Waals surface area contributed by atoms with Crippen molar-refractivity contribution >= 4 is 44.8 Å². The molecule has 1 heterocycles. The maximum absolute atomic E-state index is 12.9. The van der Waals surface area contributed by atoms with E-state index in [4.69, 9.17) is 0 Å². The van der Waals surface area contributed by atoms with E-state index in [1.165, 1.54) is 23.9 Å². The van der Waals surface area contributed by atoms with E-state index in [1.54, 1.807) is 13.0 Å². The van der Waals surface area contributed by atoms with Gasteiger partial charge in [0.2, 0.25) is 11.8 Å². The average molecular weight is 447 g/mol. The first kappa shape index (κ1) is 22.4. The Morgan fingerprint density at radius 2 is 1.83 bits per heavy atom. The highest BCUT2D eigenvalue weighted by atomic mass is 32.2. The minimum absolute atomic E-state index is 0.103. The molecule has 2 aromatic rings. The van der Waals surface area contributed by atoms with E-state index in [0.717, 1.165) is 27.3 Å². The van der Waals surface area contributed by atoms with Crippen LogP contribution in [-0.4, -0.2) is 31.7 Å². The molecule has 1 atom stereocenters. The average Bonchev–Trinajstić information content (AvgIpc) is 2.83. The molecule has 2 aromatic carbocycles. The smallest absolute Gasteiger partial charge is 0.228 e. The second-order valence-corrected chi connectivity index (χ2v) is 10.9. The molecule has 2 amide bonds. The molecule has 0 unspecified atom stereocenters. The molecule has 0 aliphatic carbocycles. The molecule has 2 N–H and O–H groups in total. The monoisotopic (exact) mass is 446 g/mol. The van der Waals surface area contributed by atoms with Crippen LogP contribution in [0.15, 0.2) is 40.1 Å². The van der Waals surface area contributed by atoms with Gasteiger partial charge < -0.3 is 10.6 Å². The summed E-state index contributed by atoms with van der Waals surface area (Å²) in [5.41, 5.74) is 4.21. The molecule has 0 saturated heterocycles. The minimum Gasteiger partial charge on any atom is -0.325 e. The Kier molecular flexibility index (Phi) is 6.57. The Labute approximate surface area is 181 Å². The van der Waals surface area contributed by atoms with Crippen LogP contribution >= 0.6 is 11.8 Å². The summed E-state index contributed by atoms with van der Waals surface area (Å²) in [6.07, 6.45) is 0.385. The molecule has 0 aromatic heterocycles. The van der Waals surface area contributed by atoms with Crippen molar-refractivity contribution in [3.05, 3.63) is 47.0 Å². The van der Waals surface area contributed by atoms with Crippen LogP contribution in [0.5, 0.6) is 0 Å². The fourth-order valence-corrected chi connectivity index (χ4v) is 6.03. The van der Waals surface area contributed by atoms with Gasteiger partial charge in [-0.15, -0.1) is 11.8 Å². The van der Waals surface area contributed by atoms with Crippen molar-refractivity contribution in [1.29, 1.82) is 0 Å². The van der Waals surface area contributed by atoms with Crippen LogP contribution in [-0.2, 0) is 19.4 Å². The number of hydrogen-bond donors (Lipinski definition) is 2. The number of carbonyl (C=O) groups excluding carboxylic acids is 2.